The second kappa shape index (κ2) is 57.9. The number of hydrogen-bond donors (Lipinski definition) is 0. The number of aryl methyl sites for hydroxylation is 18. The van der Waals surface area contributed by atoms with Crippen LogP contribution in [0.4, 0.5) is 34.1 Å². The average Bonchev–Trinajstić information content (AvgIpc) is 1.65. The second-order valence-electron chi connectivity index (χ2n) is 37.0. The van der Waals surface area contributed by atoms with Gasteiger partial charge in [-0.2, -0.15) is 20.0 Å². The molecule has 0 spiro atoms. The molecule has 3 aliphatic heterocycles. The van der Waals surface area contributed by atoms with Crippen LogP contribution in [0.2, 0.25) is 0 Å². The molecule has 0 N–H and O–H groups in total. The number of aromatic nitrogens is 2. The van der Waals surface area contributed by atoms with Crippen molar-refractivity contribution in [3.8, 4) is 5.75 Å². The van der Waals surface area contributed by atoms with Crippen molar-refractivity contribution in [1.82, 2.24) is 9.97 Å². The molecule has 11 aromatic rings. The predicted octanol–water partition coefficient (Wildman–Crippen LogP) is 32.4. The van der Waals surface area contributed by atoms with Gasteiger partial charge in [-0.1, -0.05) is 138 Å². The van der Waals surface area contributed by atoms with Gasteiger partial charge in [0.1, 0.15) is 0 Å². The van der Waals surface area contributed by atoms with E-state index in [1.165, 1.54) is 151 Å². The second-order valence-corrected chi connectivity index (χ2v) is 57.6. The van der Waals surface area contributed by atoms with E-state index in [-0.39, 0.29) is 14.0 Å². The number of para-hydroxylation sites is 1. The minimum atomic E-state index is -1.77. The predicted molar refractivity (Wildman–Crippen MR) is 584 cm³/mol. The molecular formula is C115H149Cl6N8OPRu3-2. The Morgan fingerprint density at radius 3 is 0.694 bits per heavy atom. The van der Waals surface area contributed by atoms with Crippen LogP contribution in [0.3, 0.4) is 0 Å². The number of hydrogen-bond acceptors (Lipinski definition) is 9. The molecule has 6 aliphatic rings. The maximum atomic E-state index is 5.82. The van der Waals surface area contributed by atoms with Gasteiger partial charge < -0.3 is 29.4 Å². The van der Waals surface area contributed by atoms with Crippen LogP contribution in [0.5, 0.6) is 5.75 Å². The Morgan fingerprint density at radius 1 is 0.291 bits per heavy atom. The van der Waals surface area contributed by atoms with Crippen molar-refractivity contribution >= 4 is 114 Å². The third-order valence-electron chi connectivity index (χ3n) is 24.9. The van der Waals surface area contributed by atoms with Gasteiger partial charge in [0.25, 0.3) is 0 Å². The summed E-state index contributed by atoms with van der Waals surface area (Å²) >= 11 is -5.00. The molecule has 0 amide bonds. The Labute approximate surface area is 849 Å². The first kappa shape index (κ1) is 111. The minimum absolute atomic E-state index is 0.0465. The number of rotatable bonds is 14. The monoisotopic (exact) mass is 2200 g/mol. The fourth-order valence-electron chi connectivity index (χ4n) is 20.4. The van der Waals surface area contributed by atoms with Gasteiger partial charge >= 0.3 is 245 Å². The van der Waals surface area contributed by atoms with Crippen LogP contribution >= 0.6 is 66.1 Å². The number of benzene rings is 9. The Hall–Kier alpha value is -6.47. The van der Waals surface area contributed by atoms with Gasteiger partial charge in [-0.3, -0.25) is 9.97 Å². The third-order valence-corrected chi connectivity index (χ3v) is 35.1. The van der Waals surface area contributed by atoms with E-state index in [0.717, 1.165) is 61.7 Å². The smallest absolute Gasteiger partial charge is 0.0267 e. The van der Waals surface area contributed by atoms with Crippen molar-refractivity contribution in [3.05, 3.63) is 356 Å². The number of nitrogens with zero attached hydrogens (tertiary/aromatic N) is 8. The molecule has 0 atom stereocenters. The summed E-state index contributed by atoms with van der Waals surface area (Å²) in [6, 6.07) is 66.3. The quantitative estimate of drug-likeness (QED) is 0.0602. The molecule has 19 heteroatoms. The summed E-state index contributed by atoms with van der Waals surface area (Å²) in [6.07, 6.45) is 31.0. The zero-order valence-corrected chi connectivity index (χ0v) is 94.0. The molecule has 9 aromatic carbocycles. The van der Waals surface area contributed by atoms with Crippen LogP contribution in [-0.2, 0) is 40.6 Å². The molecule has 6 fully saturated rings. The first-order valence-corrected chi connectivity index (χ1v) is 65.9. The zero-order chi connectivity index (χ0) is 96.9. The summed E-state index contributed by atoms with van der Waals surface area (Å²) in [5.41, 5.74) is 39.4. The van der Waals surface area contributed by atoms with Crippen LogP contribution < -0.4 is 34.1 Å². The molecule has 3 aliphatic carbocycles. The number of pyridine rings is 2. The SMILES string of the molecule is C1CCC([PH+](C2CCCCC2)C2CCCCC2)CC1.CC(C)Oc1ccccc1[CH]=[Ru]([Cl])[Cl].Cc1cc(C)c(N2[CH-]N(c3c(C)cc(C)cc3C)CC2)c(C)c1.Cc1cc(C)c(N2[CH-]N(c3c(C)cc(C)cc3C)CC2)c(C)c1.Cc1cc(C)c(N2[CH-]N(c3c(C)cc(C)cc3C)CC2)c(C)c1.[Cl][Ru]([Cl])=[CH]c1ccccc1.[Cl][Ru]([Cl])=[CH]c1ccccc1.c1ccncc1.c1ccncc1. The van der Waals surface area contributed by atoms with Crippen LogP contribution in [-0.4, -0.2) is 86.1 Å². The summed E-state index contributed by atoms with van der Waals surface area (Å²) in [7, 11) is 34.3. The number of halogens is 6. The van der Waals surface area contributed by atoms with E-state index in [4.69, 9.17) is 62.9 Å². The standard InChI is InChI=1S/3C21H27N2.C18H33P.C10H12O.2C7H6.2C5H5N.6ClH.3Ru/c3*1-14-9-16(3)20(17(4)10-14)22-7-8-23(13-22)21-18(5)11-15(2)12-19(21)6;1-4-10-16(11-5-1)19(17-12-6-2-7-13-17)18-14-8-3-9-15-18;1-8(2)11-10-7-5-4-6-9(10)3;2*1-7-5-3-2-4-6-7;2*1-2-4-6-5-3-1;;;;;;;;;/h3*9-13H,7-8H2,1-6H3;16-18H,1-15H2;3-8H,1-2H3;2*1-6H;2*1-5H;6*1H;;;/q3*-1;;;;;;;;;;;;;3*+2/p-5. The van der Waals surface area contributed by atoms with Crippen molar-refractivity contribution in [2.75, 3.05) is 68.7 Å². The van der Waals surface area contributed by atoms with Gasteiger partial charge in [-0.15, -0.1) is 0 Å². The van der Waals surface area contributed by atoms with E-state index >= 15 is 0 Å². The summed E-state index contributed by atoms with van der Waals surface area (Å²) < 4.78 is 11.4. The maximum Gasteiger partial charge on any atom is 0.0267 e. The van der Waals surface area contributed by atoms with Crippen LogP contribution in [0.1, 0.15) is 227 Å². The molecule has 728 valence electrons. The van der Waals surface area contributed by atoms with Gasteiger partial charge in [-0.05, 0) is 293 Å². The van der Waals surface area contributed by atoms with Crippen LogP contribution in [0, 0.1) is 145 Å². The van der Waals surface area contributed by atoms with Crippen molar-refractivity contribution in [3.63, 3.8) is 0 Å². The van der Waals surface area contributed by atoms with Crippen LogP contribution in [0.15, 0.2) is 219 Å². The first-order chi connectivity index (χ1) is 64.2. The normalized spacial score (nSPS) is 15.2. The van der Waals surface area contributed by atoms with Crippen LogP contribution in [0.25, 0.3) is 0 Å². The van der Waals surface area contributed by atoms with E-state index in [2.05, 4.69) is 257 Å². The van der Waals surface area contributed by atoms with Gasteiger partial charge in [0.15, 0.2) is 0 Å². The fraction of sp³-hybridized carbons (Fsp3) is 0.391. The van der Waals surface area contributed by atoms with Gasteiger partial charge in [-0.25, -0.2) is 0 Å². The molecule has 134 heavy (non-hydrogen) atoms. The summed E-state index contributed by atoms with van der Waals surface area (Å²) in [5, 5.41) is 0. The molecule has 0 radical (unpaired) electrons. The Kier molecular flexibility index (Phi) is 48.0. The van der Waals surface area contributed by atoms with E-state index in [1.807, 2.05) is 149 Å². The van der Waals surface area contributed by atoms with Gasteiger partial charge in [0, 0.05) is 106 Å². The zero-order valence-electron chi connectivity index (χ0n) is 83.2. The maximum absolute atomic E-state index is 5.82. The molecule has 3 saturated heterocycles. The van der Waals surface area contributed by atoms with E-state index in [1.54, 1.807) is 121 Å². The molecular weight excluding hydrogens is 2060 g/mol. The molecule has 2 aromatic heterocycles. The molecule has 5 heterocycles. The first-order valence-electron chi connectivity index (χ1n) is 47.8. The molecule has 17 rings (SSSR count). The molecule has 9 nitrogen and oxygen atoms in total. The largest absolute Gasteiger partial charge is 0.265 e. The van der Waals surface area contributed by atoms with Gasteiger partial charge in [0.05, 0.1) is 17.0 Å². The van der Waals surface area contributed by atoms with E-state index in [9.17, 15) is 0 Å². The van der Waals surface area contributed by atoms with E-state index in [0.29, 0.717) is 0 Å². The minimum Gasteiger partial charge on any atom is -0.265 e. The van der Waals surface area contributed by atoms with E-state index < -0.39 is 40.6 Å². The molecule has 0 unspecified atom stereocenters. The van der Waals surface area contributed by atoms with Gasteiger partial charge in [0.2, 0.25) is 0 Å². The Bertz CT molecular complexity index is 4710. The van der Waals surface area contributed by atoms with Crippen molar-refractivity contribution in [2.45, 2.75) is 258 Å². The fourth-order valence-corrected chi connectivity index (χ4v) is 31.1. The summed E-state index contributed by atoms with van der Waals surface area (Å²) in [4.78, 5) is 22.0. The van der Waals surface area contributed by atoms with Crippen molar-refractivity contribution in [2.24, 2.45) is 0 Å². The molecule has 0 bridgehead atoms. The molecule has 3 saturated carbocycles. The summed E-state index contributed by atoms with van der Waals surface area (Å²) in [5.74, 6) is 0.850. The summed E-state index contributed by atoms with van der Waals surface area (Å²) in [6.45, 7) is 56.7. The Morgan fingerprint density at radius 2 is 0.500 bits per heavy atom. The Balaban J connectivity index is 0.000000175. The average molecular weight is 2210 g/mol. The number of anilines is 6. The van der Waals surface area contributed by atoms with Crippen molar-refractivity contribution in [1.29, 1.82) is 0 Å². The number of ether oxygens (including phenoxy) is 1. The third kappa shape index (κ3) is 36.3. The topological polar surface area (TPSA) is 54.5 Å². The van der Waals surface area contributed by atoms with Crippen molar-refractivity contribution < 1.29 is 45.3 Å².